The Morgan fingerprint density at radius 2 is 1.04 bits per heavy atom. The van der Waals surface area contributed by atoms with Gasteiger partial charge in [-0.05, 0) is 73.2 Å². The molecule has 3 aromatic carbocycles. The predicted octanol–water partition coefficient (Wildman–Crippen LogP) is 8.00. The molecule has 0 aromatic heterocycles. The fourth-order valence-electron chi connectivity index (χ4n) is 2.29. The van der Waals surface area contributed by atoms with Crippen LogP contribution in [-0.4, -0.2) is 17.1 Å². The highest BCUT2D eigenvalue weighted by Crippen LogP contribution is 2.37. The average molecular weight is 435 g/mol. The quantitative estimate of drug-likeness (QED) is 0.298. The van der Waals surface area contributed by atoms with Crippen LogP contribution in [0, 0.1) is 0 Å². The van der Waals surface area contributed by atoms with Crippen molar-refractivity contribution in [3.8, 4) is 0 Å². The van der Waals surface area contributed by atoms with Gasteiger partial charge in [0.25, 0.3) is 0 Å². The Hall–Kier alpha value is -0.630. The summed E-state index contributed by atoms with van der Waals surface area (Å²) in [5.41, 5.74) is 0. The van der Waals surface area contributed by atoms with Crippen molar-refractivity contribution in [2.24, 2.45) is 0 Å². The lowest BCUT2D eigenvalue weighted by molar-refractivity contribution is 0.664. The van der Waals surface area contributed by atoms with Gasteiger partial charge in [-0.2, -0.15) is 0 Å². The molecule has 0 aliphatic carbocycles. The Balaban J connectivity index is 1.83. The van der Waals surface area contributed by atoms with Crippen LogP contribution in [0.4, 0.5) is 0 Å². The summed E-state index contributed by atoms with van der Waals surface area (Å²) in [6.45, 7) is 0. The van der Waals surface area contributed by atoms with Gasteiger partial charge in [0.1, 0.15) is 0 Å². The normalized spacial score (nSPS) is 10.9. The van der Waals surface area contributed by atoms with Gasteiger partial charge in [-0.25, -0.2) is 0 Å². The van der Waals surface area contributed by atoms with Gasteiger partial charge in [-0.3, -0.25) is 0 Å². The summed E-state index contributed by atoms with van der Waals surface area (Å²) in [4.78, 5) is 8.31. The highest BCUT2D eigenvalue weighted by molar-refractivity contribution is 8.01. The van der Waals surface area contributed by atoms with Gasteiger partial charge >= 0.3 is 0 Å². The molecule has 134 valence electrons. The second-order valence-corrected chi connectivity index (χ2v) is 10.00. The van der Waals surface area contributed by atoms with Crippen LogP contribution in [0.1, 0.15) is 0 Å². The summed E-state index contributed by atoms with van der Waals surface area (Å²) < 4.78 is 9.10. The van der Waals surface area contributed by atoms with Crippen molar-refractivity contribution < 1.29 is 4.55 Å². The van der Waals surface area contributed by atoms with E-state index in [-0.39, 0.29) is 0 Å². The summed E-state index contributed by atoms with van der Waals surface area (Å²) in [6, 6.07) is 23.3. The third-order valence-corrected chi connectivity index (χ3v) is 7.39. The molecule has 0 aliphatic rings. The minimum absolute atomic E-state index is 0.779. The van der Waals surface area contributed by atoms with Crippen LogP contribution in [0.25, 0.3) is 0 Å². The van der Waals surface area contributed by atoms with E-state index in [0.29, 0.717) is 0 Å². The largest absolute Gasteiger partial charge is 0.325 e. The molecule has 3 rings (SSSR count). The third kappa shape index (κ3) is 5.68. The summed E-state index contributed by atoms with van der Waals surface area (Å²) in [5.74, 6) is 0. The lowest BCUT2D eigenvalue weighted by atomic mass is 10.3. The van der Waals surface area contributed by atoms with Crippen molar-refractivity contribution in [3.63, 3.8) is 0 Å². The second kappa shape index (κ2) is 10.1. The van der Waals surface area contributed by atoms with Crippen molar-refractivity contribution in [1.82, 2.24) is 0 Å². The first kappa shape index (κ1) is 20.1. The van der Waals surface area contributed by atoms with E-state index < -0.39 is 0 Å². The molecule has 3 aromatic rings. The first-order valence-corrected chi connectivity index (χ1v) is 12.7. The van der Waals surface area contributed by atoms with Gasteiger partial charge in [-0.1, -0.05) is 29.6 Å². The molecule has 0 unspecified atom stereocenters. The first-order chi connectivity index (χ1) is 12.7. The van der Waals surface area contributed by atoms with E-state index in [1.54, 1.807) is 47.0 Å². The van der Waals surface area contributed by atoms with E-state index in [9.17, 15) is 0 Å². The summed E-state index contributed by atoms with van der Waals surface area (Å²) >= 11 is 7.86. The summed E-state index contributed by atoms with van der Waals surface area (Å²) in [7, 11) is 0. The van der Waals surface area contributed by atoms with Gasteiger partial charge in [0.15, 0.2) is 0 Å². The smallest absolute Gasteiger partial charge is 0.0351 e. The Bertz CT molecular complexity index is 864. The maximum Gasteiger partial charge on any atom is 0.0351 e. The van der Waals surface area contributed by atoms with E-state index in [2.05, 4.69) is 55.0 Å². The van der Waals surface area contributed by atoms with E-state index in [4.69, 9.17) is 4.55 Å². The molecule has 0 atom stereocenters. The Morgan fingerprint density at radius 3 is 1.65 bits per heavy atom. The monoisotopic (exact) mass is 434 g/mol. The molecular weight excluding hydrogens is 417 g/mol. The standard InChI is InChI=1S/C20H18OS5/c1-22-16-4-3-5-17(10-16)25-20-12-18(23-2)11-19(13-20)24-14-6-8-15(26-21)9-7-14/h3-13,21H,1-2H3. The van der Waals surface area contributed by atoms with E-state index in [1.807, 2.05) is 24.3 Å². The lowest BCUT2D eigenvalue weighted by Crippen LogP contribution is -1.81. The third-order valence-electron chi connectivity index (χ3n) is 3.53. The van der Waals surface area contributed by atoms with Crippen LogP contribution in [-0.2, 0) is 0 Å². The fraction of sp³-hybridized carbons (Fsp3) is 0.100. The van der Waals surface area contributed by atoms with Crippen molar-refractivity contribution in [3.05, 3.63) is 66.7 Å². The zero-order chi connectivity index (χ0) is 18.4. The number of benzene rings is 3. The molecule has 0 aliphatic heterocycles. The fourth-order valence-corrected chi connectivity index (χ4v) is 5.68. The Kier molecular flexibility index (Phi) is 7.78. The van der Waals surface area contributed by atoms with Crippen molar-refractivity contribution in [2.45, 2.75) is 34.3 Å². The molecule has 0 fully saturated rings. The molecule has 0 spiro atoms. The van der Waals surface area contributed by atoms with Crippen molar-refractivity contribution in [2.75, 3.05) is 12.5 Å². The molecule has 1 N–H and O–H groups in total. The van der Waals surface area contributed by atoms with E-state index >= 15 is 0 Å². The average Bonchev–Trinajstić information content (AvgIpc) is 2.68. The van der Waals surface area contributed by atoms with Gasteiger partial charge in [-0.15, -0.1) is 23.5 Å². The molecule has 6 heteroatoms. The van der Waals surface area contributed by atoms with Gasteiger partial charge < -0.3 is 4.55 Å². The molecule has 1 nitrogen and oxygen atoms in total. The van der Waals surface area contributed by atoms with Crippen LogP contribution in [0.15, 0.2) is 101 Å². The molecule has 0 amide bonds. The van der Waals surface area contributed by atoms with Crippen molar-refractivity contribution in [1.29, 1.82) is 0 Å². The molecule has 0 radical (unpaired) electrons. The van der Waals surface area contributed by atoms with Crippen LogP contribution in [0.2, 0.25) is 0 Å². The maximum absolute atomic E-state index is 9.10. The zero-order valence-electron chi connectivity index (χ0n) is 14.3. The zero-order valence-corrected chi connectivity index (χ0v) is 18.4. The molecule has 26 heavy (non-hydrogen) atoms. The second-order valence-electron chi connectivity index (χ2n) is 5.29. The molecule has 0 heterocycles. The molecular formula is C20H18OS5. The van der Waals surface area contributed by atoms with Gasteiger partial charge in [0.05, 0.1) is 0 Å². The number of rotatable bonds is 7. The van der Waals surface area contributed by atoms with Crippen molar-refractivity contribution >= 4 is 59.1 Å². The van der Waals surface area contributed by atoms with Crippen LogP contribution in [0.5, 0.6) is 0 Å². The molecule has 0 saturated heterocycles. The minimum atomic E-state index is 0.779. The molecule has 0 saturated carbocycles. The number of thioether (sulfide) groups is 2. The maximum atomic E-state index is 9.10. The Morgan fingerprint density at radius 1 is 0.538 bits per heavy atom. The Labute approximate surface area is 176 Å². The first-order valence-electron chi connectivity index (χ1n) is 7.80. The van der Waals surface area contributed by atoms with Crippen LogP contribution >= 0.6 is 59.1 Å². The number of hydrogen-bond acceptors (Lipinski definition) is 6. The van der Waals surface area contributed by atoms with E-state index in [0.717, 1.165) is 16.9 Å². The number of hydrogen-bond donors (Lipinski definition) is 1. The summed E-state index contributed by atoms with van der Waals surface area (Å²) in [5, 5.41) is 0. The molecule has 0 bridgehead atoms. The van der Waals surface area contributed by atoms with E-state index in [1.165, 1.54) is 29.4 Å². The van der Waals surface area contributed by atoms with Crippen LogP contribution < -0.4 is 0 Å². The van der Waals surface area contributed by atoms with Crippen LogP contribution in [0.3, 0.4) is 0 Å². The highest BCUT2D eigenvalue weighted by atomic mass is 32.2. The predicted molar refractivity (Wildman–Crippen MR) is 120 cm³/mol. The van der Waals surface area contributed by atoms with Gasteiger partial charge in [0, 0.05) is 46.3 Å². The minimum Gasteiger partial charge on any atom is -0.325 e. The topological polar surface area (TPSA) is 20.2 Å². The SMILES string of the molecule is CSc1cccc(Sc2cc(SC)cc(Sc3ccc(SO)cc3)c2)c1. The van der Waals surface area contributed by atoms with Gasteiger partial charge in [0.2, 0.25) is 0 Å². The summed E-state index contributed by atoms with van der Waals surface area (Å²) in [6.07, 6.45) is 4.22. The highest BCUT2D eigenvalue weighted by Gasteiger charge is 2.06. The lowest BCUT2D eigenvalue weighted by Gasteiger charge is -2.09.